The van der Waals surface area contributed by atoms with E-state index in [1.807, 2.05) is 30.3 Å². The molecule has 0 spiro atoms. The number of likely N-dealkylation sites (N-methyl/N-ethyl adjacent to an activating group) is 1. The Morgan fingerprint density at radius 2 is 1.30 bits per heavy atom. The minimum Gasteiger partial charge on any atom is -0.493 e. The van der Waals surface area contributed by atoms with E-state index in [9.17, 15) is 26.4 Å². The minimum atomic E-state index is -4.58. The molecule has 0 bridgehead atoms. The summed E-state index contributed by atoms with van der Waals surface area (Å²) in [7, 11) is -7.37. The summed E-state index contributed by atoms with van der Waals surface area (Å²) in [6, 6.07) is 25.6. The smallest absolute Gasteiger partial charge is 0.340 e. The highest BCUT2D eigenvalue weighted by molar-refractivity contribution is 7.91. The van der Waals surface area contributed by atoms with Crippen LogP contribution < -0.4 is 8.92 Å². The number of imide groups is 1. The van der Waals surface area contributed by atoms with E-state index in [-0.39, 0.29) is 36.6 Å². The Balaban J connectivity index is 1.21. The lowest BCUT2D eigenvalue weighted by Gasteiger charge is -2.19. The Labute approximate surface area is 268 Å². The molecule has 0 aromatic heterocycles. The predicted octanol–water partition coefficient (Wildman–Crippen LogP) is 4.62. The van der Waals surface area contributed by atoms with Crippen molar-refractivity contribution >= 4 is 32.0 Å². The van der Waals surface area contributed by atoms with E-state index in [0.717, 1.165) is 14.9 Å². The molecule has 11 nitrogen and oxygen atoms in total. The van der Waals surface area contributed by atoms with Gasteiger partial charge in [0.2, 0.25) is 10.0 Å². The SMILES string of the molecule is Cc1cc(OCCCON2C(=O)c3ccccc3C2=O)cc(OS(=O)(=O)c2ccccc2S(=O)(=O)N(C)CCc2ccccc2)c1. The number of carbonyl (C=O) groups is 2. The van der Waals surface area contributed by atoms with Crippen LogP contribution in [0.2, 0.25) is 0 Å². The fraction of sp³-hybridized carbons (Fsp3) is 0.212. The fourth-order valence-corrected chi connectivity index (χ4v) is 7.66. The minimum absolute atomic E-state index is 0.0140. The Morgan fingerprint density at radius 1 is 0.717 bits per heavy atom. The highest BCUT2D eigenvalue weighted by Crippen LogP contribution is 2.30. The average molecular weight is 665 g/mol. The monoisotopic (exact) mass is 664 g/mol. The number of hydroxylamine groups is 2. The molecule has 4 aromatic carbocycles. The van der Waals surface area contributed by atoms with Gasteiger partial charge < -0.3 is 8.92 Å². The maximum Gasteiger partial charge on any atom is 0.340 e. The first-order valence-corrected chi connectivity index (χ1v) is 17.2. The van der Waals surface area contributed by atoms with Gasteiger partial charge in [-0.1, -0.05) is 54.6 Å². The van der Waals surface area contributed by atoms with Gasteiger partial charge in [-0.05, 0) is 60.9 Å². The van der Waals surface area contributed by atoms with E-state index >= 15 is 0 Å². The van der Waals surface area contributed by atoms with Gasteiger partial charge in [0, 0.05) is 26.1 Å². The molecule has 0 unspecified atom stereocenters. The van der Waals surface area contributed by atoms with Crippen molar-refractivity contribution in [3.63, 3.8) is 0 Å². The van der Waals surface area contributed by atoms with Crippen LogP contribution in [0.5, 0.6) is 11.5 Å². The van der Waals surface area contributed by atoms with Gasteiger partial charge in [0.15, 0.2) is 0 Å². The quantitative estimate of drug-likeness (QED) is 0.107. The fourth-order valence-electron chi connectivity index (χ4n) is 4.80. The van der Waals surface area contributed by atoms with E-state index in [4.69, 9.17) is 13.8 Å². The Kier molecular flexibility index (Phi) is 9.87. The normalized spacial score (nSPS) is 13.2. The van der Waals surface area contributed by atoms with Crippen LogP contribution in [0.25, 0.3) is 0 Å². The number of rotatable bonds is 14. The van der Waals surface area contributed by atoms with Crippen LogP contribution in [0.1, 0.15) is 38.3 Å². The van der Waals surface area contributed by atoms with Gasteiger partial charge in [0.25, 0.3) is 11.8 Å². The number of hydrogen-bond donors (Lipinski definition) is 0. The van der Waals surface area contributed by atoms with Crippen molar-refractivity contribution in [3.05, 3.63) is 119 Å². The second-order valence-corrected chi connectivity index (χ2v) is 14.0. The van der Waals surface area contributed by atoms with Gasteiger partial charge in [0.1, 0.15) is 21.3 Å². The van der Waals surface area contributed by atoms with E-state index in [1.165, 1.54) is 43.4 Å². The Bertz CT molecular complexity index is 1930. The van der Waals surface area contributed by atoms with Gasteiger partial charge in [-0.15, -0.1) is 5.06 Å². The standard InChI is InChI=1S/C33H32N2O9S2/c1-24-21-26(42-19-10-20-43-35-32(36)28-13-6-7-14-29(28)33(35)37)23-27(22-24)44-46(40,41)31-16-9-8-15-30(31)45(38,39)34(2)18-17-25-11-4-3-5-12-25/h3-9,11-16,21-23H,10,17-20H2,1-2H3. The van der Waals surface area contributed by atoms with Gasteiger partial charge in [-0.25, -0.2) is 12.7 Å². The van der Waals surface area contributed by atoms with Crippen LogP contribution in [-0.2, 0) is 31.4 Å². The van der Waals surface area contributed by atoms with Gasteiger partial charge in [-0.3, -0.25) is 14.4 Å². The van der Waals surface area contributed by atoms with Crippen LogP contribution in [0, 0.1) is 6.92 Å². The largest absolute Gasteiger partial charge is 0.493 e. The lowest BCUT2D eigenvalue weighted by Crippen LogP contribution is -2.30. The van der Waals surface area contributed by atoms with Crippen LogP contribution >= 0.6 is 0 Å². The maximum atomic E-state index is 13.5. The summed E-state index contributed by atoms with van der Waals surface area (Å²) < 4.78 is 66.1. The molecule has 240 valence electrons. The molecule has 1 aliphatic rings. The molecule has 0 fully saturated rings. The molecule has 0 saturated carbocycles. The van der Waals surface area contributed by atoms with Crippen molar-refractivity contribution in [2.45, 2.75) is 29.6 Å². The van der Waals surface area contributed by atoms with Crippen molar-refractivity contribution in [3.8, 4) is 11.5 Å². The van der Waals surface area contributed by atoms with Crippen molar-refractivity contribution in [1.82, 2.24) is 9.37 Å². The number of sulfonamides is 1. The predicted molar refractivity (Wildman–Crippen MR) is 168 cm³/mol. The maximum absolute atomic E-state index is 13.5. The van der Waals surface area contributed by atoms with Crippen LogP contribution in [0.15, 0.2) is 107 Å². The zero-order valence-corrected chi connectivity index (χ0v) is 26.8. The number of amides is 2. The van der Waals surface area contributed by atoms with Gasteiger partial charge >= 0.3 is 10.1 Å². The number of benzene rings is 4. The lowest BCUT2D eigenvalue weighted by molar-refractivity contribution is -0.0935. The Hall–Kier alpha value is -4.56. The van der Waals surface area contributed by atoms with Gasteiger partial charge in [0.05, 0.1) is 24.3 Å². The van der Waals surface area contributed by atoms with Crippen molar-refractivity contribution in [2.75, 3.05) is 26.8 Å². The molecule has 1 heterocycles. The average Bonchev–Trinajstić information content (AvgIpc) is 3.28. The molecule has 0 atom stereocenters. The number of carbonyl (C=O) groups excluding carboxylic acids is 2. The molecule has 46 heavy (non-hydrogen) atoms. The highest BCUT2D eigenvalue weighted by atomic mass is 32.2. The summed E-state index contributed by atoms with van der Waals surface area (Å²) in [5.41, 5.74) is 2.13. The summed E-state index contributed by atoms with van der Waals surface area (Å²) in [6.45, 7) is 2.00. The lowest BCUT2D eigenvalue weighted by atomic mass is 10.1. The van der Waals surface area contributed by atoms with Gasteiger partial charge in [-0.2, -0.15) is 8.42 Å². The van der Waals surface area contributed by atoms with Crippen molar-refractivity contribution in [2.24, 2.45) is 0 Å². The molecule has 0 radical (unpaired) electrons. The molecule has 5 rings (SSSR count). The molecule has 4 aromatic rings. The molecular weight excluding hydrogens is 633 g/mol. The zero-order valence-electron chi connectivity index (χ0n) is 25.2. The van der Waals surface area contributed by atoms with Crippen LogP contribution in [0.3, 0.4) is 0 Å². The molecule has 2 amide bonds. The first kappa shape index (κ1) is 32.8. The van der Waals surface area contributed by atoms with Crippen LogP contribution in [0.4, 0.5) is 0 Å². The first-order valence-electron chi connectivity index (χ1n) is 14.4. The molecule has 13 heteroatoms. The summed E-state index contributed by atoms with van der Waals surface area (Å²) in [5.74, 6) is -0.831. The van der Waals surface area contributed by atoms with Crippen molar-refractivity contribution in [1.29, 1.82) is 0 Å². The summed E-state index contributed by atoms with van der Waals surface area (Å²) in [6.07, 6.45) is 0.752. The first-order chi connectivity index (χ1) is 22.0. The Morgan fingerprint density at radius 3 is 1.98 bits per heavy atom. The summed E-state index contributed by atoms with van der Waals surface area (Å²) in [5, 5.41) is 0.729. The number of nitrogens with zero attached hydrogens (tertiary/aromatic N) is 2. The number of fused-ring (bicyclic) bond motifs is 1. The topological polar surface area (TPSA) is 137 Å². The third-order valence-corrected chi connectivity index (χ3v) is 10.5. The zero-order chi connectivity index (χ0) is 32.9. The van der Waals surface area contributed by atoms with E-state index < -0.39 is 41.7 Å². The summed E-state index contributed by atoms with van der Waals surface area (Å²) in [4.78, 5) is 29.4. The summed E-state index contributed by atoms with van der Waals surface area (Å²) >= 11 is 0. The third kappa shape index (κ3) is 7.29. The van der Waals surface area contributed by atoms with E-state index in [1.54, 1.807) is 37.3 Å². The molecule has 1 aliphatic heterocycles. The van der Waals surface area contributed by atoms with E-state index in [2.05, 4.69) is 0 Å². The van der Waals surface area contributed by atoms with Crippen LogP contribution in [-0.4, -0.2) is 64.8 Å². The number of hydrogen-bond acceptors (Lipinski definition) is 9. The van der Waals surface area contributed by atoms with Crippen molar-refractivity contribution < 1.29 is 40.2 Å². The second-order valence-electron chi connectivity index (χ2n) is 10.5. The third-order valence-electron chi connectivity index (χ3n) is 7.13. The molecule has 0 saturated heterocycles. The number of aryl methyl sites for hydroxylation is 1. The molecular formula is C33H32N2O9S2. The highest BCUT2D eigenvalue weighted by Gasteiger charge is 2.36. The number of ether oxygens (including phenoxy) is 1. The second kappa shape index (κ2) is 13.8. The molecule has 0 aliphatic carbocycles. The van der Waals surface area contributed by atoms with E-state index in [0.29, 0.717) is 24.2 Å². The molecule has 0 N–H and O–H groups in total.